The fourth-order valence-electron chi connectivity index (χ4n) is 1.44. The summed E-state index contributed by atoms with van der Waals surface area (Å²) in [6.45, 7) is 0.300. The third-order valence-electron chi connectivity index (χ3n) is 2.62. The molecule has 1 rings (SSSR count). The molecule has 0 heterocycles. The molecule has 0 aliphatic rings. The number of carbonyl (C=O) groups is 2. The number of rotatable bonds is 8. The number of hydrogen-bond donors (Lipinski definition) is 2. The Balaban J connectivity index is 2.33. The zero-order valence-corrected chi connectivity index (χ0v) is 11.5. The van der Waals surface area contributed by atoms with E-state index in [4.69, 9.17) is 26.7 Å². The van der Waals surface area contributed by atoms with Crippen molar-refractivity contribution in [3.05, 3.63) is 29.8 Å². The lowest BCUT2D eigenvalue weighted by atomic mass is 10.2. The van der Waals surface area contributed by atoms with E-state index >= 15 is 0 Å². The molecular formula is C15H17NO5. The van der Waals surface area contributed by atoms with Crippen molar-refractivity contribution in [2.24, 2.45) is 5.73 Å². The lowest BCUT2D eigenvalue weighted by molar-refractivity contribution is -0.145. The minimum absolute atomic E-state index is 0.0309. The third-order valence-corrected chi connectivity index (χ3v) is 2.62. The van der Waals surface area contributed by atoms with Crippen LogP contribution in [-0.4, -0.2) is 29.7 Å². The molecule has 6 heteroatoms. The van der Waals surface area contributed by atoms with Gasteiger partial charge in [0.25, 0.3) is 0 Å². The molecule has 0 radical (unpaired) electrons. The van der Waals surface area contributed by atoms with Gasteiger partial charge in [0, 0.05) is 6.42 Å². The first-order chi connectivity index (χ1) is 10.0. The highest BCUT2D eigenvalue weighted by molar-refractivity contribution is 5.75. The Morgan fingerprint density at radius 1 is 1.33 bits per heavy atom. The van der Waals surface area contributed by atoms with Crippen LogP contribution in [0.25, 0.3) is 0 Å². The molecule has 0 aromatic heterocycles. The van der Waals surface area contributed by atoms with Gasteiger partial charge >= 0.3 is 11.9 Å². The summed E-state index contributed by atoms with van der Waals surface area (Å²) in [5, 5.41) is 8.59. The summed E-state index contributed by atoms with van der Waals surface area (Å²) in [4.78, 5) is 21.9. The topological polar surface area (TPSA) is 98.9 Å². The standard InChI is InChI=1S/C15H17NO5/c1-2-9-20-12-5-3-11(4-6-12)10-21-14(17)8-7-13(16)15(18)19/h1,3-6,13H,7-10,16H2,(H,18,19)/t13-/m1/s1. The number of carboxylic acid groups (broad SMARTS) is 1. The number of ether oxygens (including phenoxy) is 2. The second kappa shape index (κ2) is 8.61. The van der Waals surface area contributed by atoms with Crippen molar-refractivity contribution in [2.75, 3.05) is 6.61 Å². The Kier molecular flexibility index (Phi) is 6.78. The molecule has 21 heavy (non-hydrogen) atoms. The van der Waals surface area contributed by atoms with Crippen molar-refractivity contribution >= 4 is 11.9 Å². The van der Waals surface area contributed by atoms with Crippen LogP contribution in [0.5, 0.6) is 5.75 Å². The maximum Gasteiger partial charge on any atom is 0.320 e. The highest BCUT2D eigenvalue weighted by atomic mass is 16.5. The molecule has 112 valence electrons. The van der Waals surface area contributed by atoms with E-state index in [0.717, 1.165) is 5.56 Å². The zero-order valence-electron chi connectivity index (χ0n) is 11.5. The van der Waals surface area contributed by atoms with Crippen molar-refractivity contribution in [3.8, 4) is 18.1 Å². The van der Waals surface area contributed by atoms with Crippen molar-refractivity contribution < 1.29 is 24.2 Å². The van der Waals surface area contributed by atoms with E-state index in [1.165, 1.54) is 0 Å². The smallest absolute Gasteiger partial charge is 0.320 e. The van der Waals surface area contributed by atoms with Gasteiger partial charge in [-0.15, -0.1) is 6.42 Å². The van der Waals surface area contributed by atoms with E-state index in [1.54, 1.807) is 24.3 Å². The van der Waals surface area contributed by atoms with Crippen molar-refractivity contribution in [1.29, 1.82) is 0 Å². The summed E-state index contributed by atoms with van der Waals surface area (Å²) in [7, 11) is 0. The van der Waals surface area contributed by atoms with E-state index in [2.05, 4.69) is 5.92 Å². The Morgan fingerprint density at radius 2 is 2.00 bits per heavy atom. The van der Waals surface area contributed by atoms with Gasteiger partial charge in [-0.1, -0.05) is 18.1 Å². The Morgan fingerprint density at radius 3 is 2.57 bits per heavy atom. The first kappa shape index (κ1) is 16.5. The van der Waals surface area contributed by atoms with Crippen LogP contribution in [0, 0.1) is 12.3 Å². The minimum Gasteiger partial charge on any atom is -0.481 e. The first-order valence-electron chi connectivity index (χ1n) is 6.32. The number of nitrogens with two attached hydrogens (primary N) is 1. The molecule has 0 saturated carbocycles. The molecule has 6 nitrogen and oxygen atoms in total. The zero-order chi connectivity index (χ0) is 15.7. The van der Waals surface area contributed by atoms with Gasteiger partial charge in [0.2, 0.25) is 0 Å². The van der Waals surface area contributed by atoms with Gasteiger partial charge in [0.1, 0.15) is 25.0 Å². The summed E-state index contributed by atoms with van der Waals surface area (Å²) in [5.41, 5.74) is 6.08. The quantitative estimate of drug-likeness (QED) is 0.546. The van der Waals surface area contributed by atoms with Crippen LogP contribution in [0.4, 0.5) is 0 Å². The van der Waals surface area contributed by atoms with Gasteiger partial charge < -0.3 is 20.3 Å². The van der Waals surface area contributed by atoms with E-state index in [1.807, 2.05) is 0 Å². The van der Waals surface area contributed by atoms with Crippen molar-refractivity contribution in [3.63, 3.8) is 0 Å². The number of terminal acetylenes is 1. The highest BCUT2D eigenvalue weighted by Gasteiger charge is 2.14. The summed E-state index contributed by atoms with van der Waals surface area (Å²) in [6, 6.07) is 5.90. The van der Waals surface area contributed by atoms with Crippen LogP contribution in [0.2, 0.25) is 0 Å². The highest BCUT2D eigenvalue weighted by Crippen LogP contribution is 2.13. The Bertz CT molecular complexity index is 518. The number of esters is 1. The predicted octanol–water partition coefficient (Wildman–Crippen LogP) is 0.934. The molecule has 0 spiro atoms. The van der Waals surface area contributed by atoms with Crippen LogP contribution < -0.4 is 10.5 Å². The maximum atomic E-state index is 11.4. The summed E-state index contributed by atoms with van der Waals surface area (Å²) in [5.74, 6) is 1.37. The largest absolute Gasteiger partial charge is 0.481 e. The minimum atomic E-state index is -1.13. The molecule has 0 unspecified atom stereocenters. The van der Waals surface area contributed by atoms with E-state index < -0.39 is 18.0 Å². The molecule has 1 atom stereocenters. The van der Waals surface area contributed by atoms with E-state index in [-0.39, 0.29) is 26.1 Å². The number of aliphatic carboxylic acids is 1. The normalized spacial score (nSPS) is 11.2. The number of carbonyl (C=O) groups excluding carboxylic acids is 1. The van der Waals surface area contributed by atoms with Crippen LogP contribution in [0.15, 0.2) is 24.3 Å². The summed E-state index contributed by atoms with van der Waals surface area (Å²) in [6.07, 6.45) is 5.10. The van der Waals surface area contributed by atoms with Crippen LogP contribution in [0.3, 0.4) is 0 Å². The SMILES string of the molecule is C#CCOc1ccc(COC(=O)CC[C@@H](N)C(=O)O)cc1. The molecule has 0 saturated heterocycles. The van der Waals surface area contributed by atoms with Gasteiger partial charge in [-0.25, -0.2) is 0 Å². The lowest BCUT2D eigenvalue weighted by Gasteiger charge is -2.08. The Hall–Kier alpha value is -2.52. The van der Waals surface area contributed by atoms with Crippen LogP contribution in [0.1, 0.15) is 18.4 Å². The first-order valence-corrected chi connectivity index (χ1v) is 6.32. The maximum absolute atomic E-state index is 11.4. The summed E-state index contributed by atoms with van der Waals surface area (Å²) >= 11 is 0. The summed E-state index contributed by atoms with van der Waals surface area (Å²) < 4.78 is 10.2. The van der Waals surface area contributed by atoms with Crippen molar-refractivity contribution in [2.45, 2.75) is 25.5 Å². The molecular weight excluding hydrogens is 274 g/mol. The van der Waals surface area contributed by atoms with Gasteiger partial charge in [-0.3, -0.25) is 9.59 Å². The molecule has 0 aliphatic heterocycles. The number of carboxylic acids is 1. The molecule has 0 bridgehead atoms. The second-order valence-corrected chi connectivity index (χ2v) is 4.28. The Labute approximate surface area is 122 Å². The van der Waals surface area contributed by atoms with E-state index in [9.17, 15) is 9.59 Å². The molecule has 0 fully saturated rings. The van der Waals surface area contributed by atoms with Gasteiger partial charge in [0.15, 0.2) is 0 Å². The van der Waals surface area contributed by atoms with Gasteiger partial charge in [-0.2, -0.15) is 0 Å². The van der Waals surface area contributed by atoms with Crippen molar-refractivity contribution in [1.82, 2.24) is 0 Å². The van der Waals surface area contributed by atoms with Gasteiger partial charge in [-0.05, 0) is 24.1 Å². The molecule has 0 amide bonds. The molecule has 0 aliphatic carbocycles. The lowest BCUT2D eigenvalue weighted by Crippen LogP contribution is -2.30. The van der Waals surface area contributed by atoms with Gasteiger partial charge in [0.05, 0.1) is 0 Å². The number of hydrogen-bond acceptors (Lipinski definition) is 5. The predicted molar refractivity (Wildman–Crippen MR) is 75.4 cm³/mol. The van der Waals surface area contributed by atoms with Crippen LogP contribution >= 0.6 is 0 Å². The fourth-order valence-corrected chi connectivity index (χ4v) is 1.44. The number of benzene rings is 1. The fraction of sp³-hybridized carbons (Fsp3) is 0.333. The molecule has 1 aromatic rings. The average molecular weight is 291 g/mol. The third kappa shape index (κ3) is 6.45. The monoisotopic (exact) mass is 291 g/mol. The second-order valence-electron chi connectivity index (χ2n) is 4.28. The van der Waals surface area contributed by atoms with E-state index in [0.29, 0.717) is 5.75 Å². The average Bonchev–Trinajstić information content (AvgIpc) is 2.49. The van der Waals surface area contributed by atoms with Crippen LogP contribution in [-0.2, 0) is 20.9 Å². The molecule has 3 N–H and O–H groups in total. The molecule has 1 aromatic carbocycles.